The molecule has 1 fully saturated rings. The molecule has 0 spiro atoms. The van der Waals surface area contributed by atoms with Crippen molar-refractivity contribution in [1.82, 2.24) is 14.4 Å². The second kappa shape index (κ2) is 8.38. The zero-order chi connectivity index (χ0) is 22.9. The van der Waals surface area contributed by atoms with Gasteiger partial charge in [-0.25, -0.2) is 9.97 Å². The molecule has 0 radical (unpaired) electrons. The standard InChI is InChI=1S/C25H23N5O3/c1-16-4-9-22(33-2)21(12-16)30-14-18(13-23(30)31)24(32)27-19-7-5-17(6-8-19)20-15-29-11-3-10-26-25(29)28-20/h3-12,15,18H,13-14H2,1-2H3,(H,27,32). The van der Waals surface area contributed by atoms with Crippen molar-refractivity contribution in [3.05, 3.63) is 72.7 Å². The third-order valence-corrected chi connectivity index (χ3v) is 5.80. The lowest BCUT2D eigenvalue weighted by Crippen LogP contribution is -2.28. The highest BCUT2D eigenvalue weighted by atomic mass is 16.5. The number of aryl methyl sites for hydroxylation is 1. The largest absolute Gasteiger partial charge is 0.495 e. The lowest BCUT2D eigenvalue weighted by atomic mass is 10.1. The topological polar surface area (TPSA) is 88.8 Å². The molecule has 1 saturated heterocycles. The summed E-state index contributed by atoms with van der Waals surface area (Å²) in [7, 11) is 1.57. The van der Waals surface area contributed by atoms with E-state index in [1.165, 1.54) is 0 Å². The van der Waals surface area contributed by atoms with Gasteiger partial charge in [0.25, 0.3) is 0 Å². The Hall–Kier alpha value is -4.20. The summed E-state index contributed by atoms with van der Waals surface area (Å²) in [6.07, 6.45) is 5.67. The van der Waals surface area contributed by atoms with E-state index in [1.54, 1.807) is 18.2 Å². The number of amides is 2. The molecule has 2 aromatic heterocycles. The van der Waals surface area contributed by atoms with Crippen LogP contribution in [0.25, 0.3) is 17.0 Å². The number of hydrogen-bond donors (Lipinski definition) is 1. The summed E-state index contributed by atoms with van der Waals surface area (Å²) in [5, 5.41) is 2.93. The summed E-state index contributed by atoms with van der Waals surface area (Å²) in [5.41, 5.74) is 4.12. The van der Waals surface area contributed by atoms with Crippen LogP contribution in [0.15, 0.2) is 67.1 Å². The summed E-state index contributed by atoms with van der Waals surface area (Å²) < 4.78 is 7.27. The zero-order valence-electron chi connectivity index (χ0n) is 18.4. The maximum atomic E-state index is 12.9. The minimum absolute atomic E-state index is 0.0881. The fraction of sp³-hybridized carbons (Fsp3) is 0.200. The number of hydrogen-bond acceptors (Lipinski definition) is 5. The van der Waals surface area contributed by atoms with Crippen LogP contribution in [0, 0.1) is 12.8 Å². The normalized spacial score (nSPS) is 15.8. The van der Waals surface area contributed by atoms with E-state index < -0.39 is 5.92 Å². The molecular weight excluding hydrogens is 418 g/mol. The maximum absolute atomic E-state index is 12.9. The molecule has 1 aliphatic rings. The van der Waals surface area contributed by atoms with Gasteiger partial charge in [0.1, 0.15) is 5.75 Å². The number of nitrogens with one attached hydrogen (secondary N) is 1. The first-order valence-electron chi connectivity index (χ1n) is 10.7. The number of carbonyl (C=O) groups excluding carboxylic acids is 2. The van der Waals surface area contributed by atoms with E-state index in [1.807, 2.05) is 72.2 Å². The molecule has 1 atom stereocenters. The van der Waals surface area contributed by atoms with Crippen LogP contribution in [0.1, 0.15) is 12.0 Å². The fourth-order valence-electron chi connectivity index (χ4n) is 4.06. The maximum Gasteiger partial charge on any atom is 0.234 e. The number of carbonyl (C=O) groups is 2. The molecule has 2 amide bonds. The summed E-state index contributed by atoms with van der Waals surface area (Å²) in [6, 6.07) is 15.0. The zero-order valence-corrected chi connectivity index (χ0v) is 18.4. The van der Waals surface area contributed by atoms with Crippen molar-refractivity contribution in [3.8, 4) is 17.0 Å². The van der Waals surface area contributed by atoms with E-state index in [2.05, 4.69) is 15.3 Å². The summed E-state index contributed by atoms with van der Waals surface area (Å²) in [6.45, 7) is 2.27. The summed E-state index contributed by atoms with van der Waals surface area (Å²) in [4.78, 5) is 35.9. The number of ether oxygens (including phenoxy) is 1. The van der Waals surface area contributed by atoms with Gasteiger partial charge in [-0.2, -0.15) is 0 Å². The second-order valence-corrected chi connectivity index (χ2v) is 8.10. The first-order valence-corrected chi connectivity index (χ1v) is 10.7. The molecular formula is C25H23N5O3. The number of anilines is 2. The Morgan fingerprint density at radius 3 is 2.76 bits per heavy atom. The molecule has 1 unspecified atom stereocenters. The Kier molecular flexibility index (Phi) is 5.26. The lowest BCUT2D eigenvalue weighted by molar-refractivity contribution is -0.122. The molecule has 8 heteroatoms. The molecule has 2 aromatic carbocycles. The molecule has 166 valence electrons. The van der Waals surface area contributed by atoms with E-state index in [0.29, 0.717) is 29.4 Å². The number of rotatable bonds is 5. The Balaban J connectivity index is 1.28. The van der Waals surface area contributed by atoms with E-state index in [9.17, 15) is 9.59 Å². The van der Waals surface area contributed by atoms with Crippen molar-refractivity contribution in [2.45, 2.75) is 13.3 Å². The van der Waals surface area contributed by atoms with Gasteiger partial charge in [0, 0.05) is 42.8 Å². The third kappa shape index (κ3) is 4.03. The Morgan fingerprint density at radius 1 is 1.18 bits per heavy atom. The first kappa shape index (κ1) is 20.7. The minimum Gasteiger partial charge on any atom is -0.495 e. The number of benzene rings is 2. The van der Waals surface area contributed by atoms with Crippen LogP contribution < -0.4 is 15.0 Å². The second-order valence-electron chi connectivity index (χ2n) is 8.10. The number of fused-ring (bicyclic) bond motifs is 1. The molecule has 0 bridgehead atoms. The highest BCUT2D eigenvalue weighted by Crippen LogP contribution is 2.34. The smallest absolute Gasteiger partial charge is 0.234 e. The number of methoxy groups -OCH3 is 1. The molecule has 5 rings (SSSR count). The van der Waals surface area contributed by atoms with Crippen LogP contribution in [0.2, 0.25) is 0 Å². The molecule has 1 N–H and O–H groups in total. The quantitative estimate of drug-likeness (QED) is 0.510. The van der Waals surface area contributed by atoms with Crippen LogP contribution in [-0.2, 0) is 9.59 Å². The molecule has 33 heavy (non-hydrogen) atoms. The first-order chi connectivity index (χ1) is 16.0. The van der Waals surface area contributed by atoms with E-state index in [4.69, 9.17) is 4.74 Å². The number of imidazole rings is 1. The van der Waals surface area contributed by atoms with E-state index in [0.717, 1.165) is 16.8 Å². The predicted octanol–water partition coefficient (Wildman–Crippen LogP) is 3.70. The Bertz CT molecular complexity index is 1310. The molecule has 0 aliphatic carbocycles. The van der Waals surface area contributed by atoms with Gasteiger partial charge in [-0.05, 0) is 42.8 Å². The highest BCUT2D eigenvalue weighted by Gasteiger charge is 2.36. The molecule has 4 aromatic rings. The van der Waals surface area contributed by atoms with Crippen molar-refractivity contribution < 1.29 is 14.3 Å². The van der Waals surface area contributed by atoms with E-state index in [-0.39, 0.29) is 18.2 Å². The van der Waals surface area contributed by atoms with Gasteiger partial charge in [-0.3, -0.25) is 14.0 Å². The summed E-state index contributed by atoms with van der Waals surface area (Å²) >= 11 is 0. The molecule has 0 saturated carbocycles. The SMILES string of the molecule is COc1ccc(C)cc1N1CC(C(=O)Nc2ccc(-c3cn4cccnc4n3)cc2)CC1=O. The Labute approximate surface area is 190 Å². The van der Waals surface area contributed by atoms with Crippen LogP contribution >= 0.6 is 0 Å². The van der Waals surface area contributed by atoms with Crippen LogP contribution in [0.3, 0.4) is 0 Å². The van der Waals surface area contributed by atoms with Gasteiger partial charge >= 0.3 is 0 Å². The summed E-state index contributed by atoms with van der Waals surface area (Å²) in [5.74, 6) is 0.544. The average Bonchev–Trinajstić information content (AvgIpc) is 3.43. The van der Waals surface area contributed by atoms with E-state index >= 15 is 0 Å². The van der Waals surface area contributed by atoms with Crippen molar-refractivity contribution in [2.24, 2.45) is 5.92 Å². The lowest BCUT2D eigenvalue weighted by Gasteiger charge is -2.20. The van der Waals surface area contributed by atoms with Crippen LogP contribution in [0.4, 0.5) is 11.4 Å². The highest BCUT2D eigenvalue weighted by molar-refractivity contribution is 6.04. The van der Waals surface area contributed by atoms with Gasteiger partial charge < -0.3 is 15.0 Å². The van der Waals surface area contributed by atoms with Gasteiger partial charge in [0.15, 0.2) is 0 Å². The molecule has 8 nitrogen and oxygen atoms in total. The van der Waals surface area contributed by atoms with Gasteiger partial charge in [-0.1, -0.05) is 18.2 Å². The Morgan fingerprint density at radius 2 is 2.00 bits per heavy atom. The van der Waals surface area contributed by atoms with Crippen molar-refractivity contribution in [3.63, 3.8) is 0 Å². The number of nitrogens with zero attached hydrogens (tertiary/aromatic N) is 4. The van der Waals surface area contributed by atoms with Gasteiger partial charge in [0.2, 0.25) is 17.6 Å². The fourth-order valence-corrected chi connectivity index (χ4v) is 4.06. The van der Waals surface area contributed by atoms with Gasteiger partial charge in [-0.15, -0.1) is 0 Å². The van der Waals surface area contributed by atoms with Crippen LogP contribution in [-0.4, -0.2) is 39.8 Å². The molecule has 3 heterocycles. The van der Waals surface area contributed by atoms with Gasteiger partial charge in [0.05, 0.1) is 24.4 Å². The van der Waals surface area contributed by atoms with Crippen molar-refractivity contribution >= 4 is 29.0 Å². The van der Waals surface area contributed by atoms with Crippen molar-refractivity contribution in [1.29, 1.82) is 0 Å². The average molecular weight is 441 g/mol. The predicted molar refractivity (Wildman–Crippen MR) is 125 cm³/mol. The number of aromatic nitrogens is 3. The van der Waals surface area contributed by atoms with Crippen LogP contribution in [0.5, 0.6) is 5.75 Å². The molecule has 1 aliphatic heterocycles. The van der Waals surface area contributed by atoms with Crippen molar-refractivity contribution in [2.75, 3.05) is 23.9 Å². The minimum atomic E-state index is -0.438. The third-order valence-electron chi connectivity index (χ3n) is 5.80. The monoisotopic (exact) mass is 441 g/mol.